The molecule has 0 heterocycles. The van der Waals surface area contributed by atoms with Crippen molar-refractivity contribution in [3.63, 3.8) is 0 Å². The zero-order valence-corrected chi connectivity index (χ0v) is 13.9. The van der Waals surface area contributed by atoms with Gasteiger partial charge in [0.2, 0.25) is 5.91 Å². The van der Waals surface area contributed by atoms with Gasteiger partial charge in [-0.3, -0.25) is 4.79 Å². The average Bonchev–Trinajstić information content (AvgIpc) is 2.56. The SMILES string of the molecule is O=C(CNC(=O)NCc1ccc(F)cc1)Nc1ccc(Cl)c(Cl)c1. The molecule has 3 amide bonds. The van der Waals surface area contributed by atoms with Gasteiger partial charge in [0.15, 0.2) is 0 Å². The first kappa shape index (κ1) is 18.0. The molecule has 2 rings (SSSR count). The Balaban J connectivity index is 1.73. The molecule has 126 valence electrons. The van der Waals surface area contributed by atoms with Gasteiger partial charge in [0.05, 0.1) is 16.6 Å². The van der Waals surface area contributed by atoms with E-state index in [1.165, 1.54) is 18.2 Å². The first-order valence-corrected chi connectivity index (χ1v) is 7.70. The summed E-state index contributed by atoms with van der Waals surface area (Å²) < 4.78 is 12.8. The lowest BCUT2D eigenvalue weighted by atomic mass is 10.2. The number of carbonyl (C=O) groups is 2. The largest absolute Gasteiger partial charge is 0.334 e. The Morgan fingerprint density at radius 2 is 1.67 bits per heavy atom. The molecule has 0 unspecified atom stereocenters. The fourth-order valence-electron chi connectivity index (χ4n) is 1.79. The van der Waals surface area contributed by atoms with Crippen molar-refractivity contribution in [1.82, 2.24) is 10.6 Å². The second-order valence-corrected chi connectivity index (χ2v) is 5.65. The van der Waals surface area contributed by atoms with Crippen LogP contribution in [0.15, 0.2) is 42.5 Å². The van der Waals surface area contributed by atoms with Crippen molar-refractivity contribution in [2.45, 2.75) is 6.54 Å². The lowest BCUT2D eigenvalue weighted by molar-refractivity contribution is -0.115. The Hall–Kier alpha value is -2.31. The van der Waals surface area contributed by atoms with Crippen LogP contribution in [-0.2, 0) is 11.3 Å². The summed E-state index contributed by atoms with van der Waals surface area (Å²) in [5.41, 5.74) is 1.22. The molecule has 0 fully saturated rings. The minimum absolute atomic E-state index is 0.213. The molecule has 0 aliphatic carbocycles. The highest BCUT2D eigenvalue weighted by Gasteiger charge is 2.07. The molecule has 0 radical (unpaired) electrons. The minimum atomic E-state index is -0.511. The van der Waals surface area contributed by atoms with Gasteiger partial charge in [-0.2, -0.15) is 0 Å². The van der Waals surface area contributed by atoms with Crippen molar-refractivity contribution < 1.29 is 14.0 Å². The molecule has 24 heavy (non-hydrogen) atoms. The van der Waals surface area contributed by atoms with Gasteiger partial charge < -0.3 is 16.0 Å². The molecule has 0 aromatic heterocycles. The Kier molecular flexibility index (Phi) is 6.40. The minimum Gasteiger partial charge on any atom is -0.334 e. The van der Waals surface area contributed by atoms with Crippen LogP contribution < -0.4 is 16.0 Å². The molecule has 0 atom stereocenters. The van der Waals surface area contributed by atoms with E-state index in [9.17, 15) is 14.0 Å². The van der Waals surface area contributed by atoms with Gasteiger partial charge in [-0.05, 0) is 35.9 Å². The third-order valence-corrected chi connectivity index (χ3v) is 3.72. The van der Waals surface area contributed by atoms with Crippen molar-refractivity contribution in [2.75, 3.05) is 11.9 Å². The fourth-order valence-corrected chi connectivity index (χ4v) is 2.08. The predicted molar refractivity (Wildman–Crippen MR) is 91.7 cm³/mol. The molecule has 3 N–H and O–H groups in total. The summed E-state index contributed by atoms with van der Waals surface area (Å²) in [6.07, 6.45) is 0. The Morgan fingerprint density at radius 1 is 0.958 bits per heavy atom. The van der Waals surface area contributed by atoms with E-state index in [1.807, 2.05) is 0 Å². The van der Waals surface area contributed by atoms with Gasteiger partial charge in [0.25, 0.3) is 0 Å². The third-order valence-electron chi connectivity index (χ3n) is 2.98. The average molecular weight is 370 g/mol. The lowest BCUT2D eigenvalue weighted by Crippen LogP contribution is -2.39. The summed E-state index contributed by atoms with van der Waals surface area (Å²) >= 11 is 11.6. The van der Waals surface area contributed by atoms with E-state index in [4.69, 9.17) is 23.2 Å². The second-order valence-electron chi connectivity index (χ2n) is 4.84. The Bertz CT molecular complexity index is 739. The molecule has 0 saturated carbocycles. The molecular weight excluding hydrogens is 356 g/mol. The third kappa shape index (κ3) is 5.72. The van der Waals surface area contributed by atoms with E-state index in [0.29, 0.717) is 15.7 Å². The molecule has 8 heteroatoms. The maximum atomic E-state index is 12.8. The van der Waals surface area contributed by atoms with E-state index in [0.717, 1.165) is 5.56 Å². The van der Waals surface area contributed by atoms with Gasteiger partial charge in [0.1, 0.15) is 5.82 Å². The van der Waals surface area contributed by atoms with Crippen LogP contribution in [0.1, 0.15) is 5.56 Å². The number of amides is 3. The number of urea groups is 1. The summed E-state index contributed by atoms with van der Waals surface area (Å²) in [5.74, 6) is -0.757. The van der Waals surface area contributed by atoms with Crippen molar-refractivity contribution in [1.29, 1.82) is 0 Å². The number of rotatable bonds is 5. The smallest absolute Gasteiger partial charge is 0.315 e. The van der Waals surface area contributed by atoms with Gasteiger partial charge in [-0.25, -0.2) is 9.18 Å². The standard InChI is InChI=1S/C16H14Cl2FN3O2/c17-13-6-5-12(7-14(13)18)22-15(23)9-21-16(24)20-8-10-1-3-11(19)4-2-10/h1-7H,8-9H2,(H,22,23)(H2,20,21,24). The molecule has 5 nitrogen and oxygen atoms in total. The quantitative estimate of drug-likeness (QED) is 0.753. The van der Waals surface area contributed by atoms with Crippen LogP contribution in [0.3, 0.4) is 0 Å². The van der Waals surface area contributed by atoms with Crippen LogP contribution in [0.2, 0.25) is 10.0 Å². The Labute approximate surface area is 148 Å². The number of benzene rings is 2. The van der Waals surface area contributed by atoms with E-state index >= 15 is 0 Å². The van der Waals surface area contributed by atoms with Crippen LogP contribution in [0.25, 0.3) is 0 Å². The van der Waals surface area contributed by atoms with Crippen molar-refractivity contribution in [3.8, 4) is 0 Å². The molecule has 2 aromatic carbocycles. The monoisotopic (exact) mass is 369 g/mol. The summed E-state index contributed by atoms with van der Waals surface area (Å²) in [6, 6.07) is 9.89. The first-order chi connectivity index (χ1) is 11.4. The zero-order valence-electron chi connectivity index (χ0n) is 12.4. The van der Waals surface area contributed by atoms with E-state index in [2.05, 4.69) is 16.0 Å². The van der Waals surface area contributed by atoms with Crippen LogP contribution in [-0.4, -0.2) is 18.5 Å². The molecule has 0 aliphatic rings. The second kappa shape index (κ2) is 8.52. The highest BCUT2D eigenvalue weighted by molar-refractivity contribution is 6.42. The van der Waals surface area contributed by atoms with Gasteiger partial charge in [0, 0.05) is 12.2 Å². The van der Waals surface area contributed by atoms with Crippen molar-refractivity contribution in [2.24, 2.45) is 0 Å². The first-order valence-electron chi connectivity index (χ1n) is 6.95. The summed E-state index contributed by atoms with van der Waals surface area (Å²) in [7, 11) is 0. The summed E-state index contributed by atoms with van der Waals surface area (Å²) in [5, 5.41) is 8.26. The molecule has 0 aliphatic heterocycles. The number of halogens is 3. The zero-order chi connectivity index (χ0) is 17.5. The molecule has 0 bridgehead atoms. The predicted octanol–water partition coefficient (Wildman–Crippen LogP) is 3.57. The topological polar surface area (TPSA) is 70.2 Å². The van der Waals surface area contributed by atoms with Crippen molar-refractivity contribution in [3.05, 3.63) is 63.9 Å². The number of hydrogen-bond acceptors (Lipinski definition) is 2. The van der Waals surface area contributed by atoms with Crippen LogP contribution in [0.4, 0.5) is 14.9 Å². The fraction of sp³-hybridized carbons (Fsp3) is 0.125. The number of anilines is 1. The lowest BCUT2D eigenvalue weighted by Gasteiger charge is -2.09. The van der Waals surface area contributed by atoms with E-state index in [-0.39, 0.29) is 18.9 Å². The molecule has 0 spiro atoms. The Morgan fingerprint density at radius 3 is 2.33 bits per heavy atom. The number of hydrogen-bond donors (Lipinski definition) is 3. The van der Waals surface area contributed by atoms with Gasteiger partial charge in [-0.1, -0.05) is 35.3 Å². The van der Waals surface area contributed by atoms with Gasteiger partial charge >= 0.3 is 6.03 Å². The maximum Gasteiger partial charge on any atom is 0.315 e. The number of nitrogens with one attached hydrogen (secondary N) is 3. The van der Waals surface area contributed by atoms with E-state index < -0.39 is 11.9 Å². The summed E-state index contributed by atoms with van der Waals surface area (Å²) in [4.78, 5) is 23.4. The van der Waals surface area contributed by atoms with Crippen molar-refractivity contribution >= 4 is 40.8 Å². The molecular formula is C16H14Cl2FN3O2. The highest BCUT2D eigenvalue weighted by Crippen LogP contribution is 2.24. The molecule has 0 saturated heterocycles. The summed E-state index contributed by atoms with van der Waals surface area (Å²) in [6.45, 7) is 0.00994. The van der Waals surface area contributed by atoms with Crippen LogP contribution >= 0.6 is 23.2 Å². The highest BCUT2D eigenvalue weighted by atomic mass is 35.5. The van der Waals surface area contributed by atoms with Gasteiger partial charge in [-0.15, -0.1) is 0 Å². The normalized spacial score (nSPS) is 10.1. The van der Waals surface area contributed by atoms with Crippen LogP contribution in [0.5, 0.6) is 0 Å². The van der Waals surface area contributed by atoms with Crippen LogP contribution in [0, 0.1) is 5.82 Å². The van der Waals surface area contributed by atoms with E-state index in [1.54, 1.807) is 24.3 Å². The number of carbonyl (C=O) groups excluding carboxylic acids is 2. The maximum absolute atomic E-state index is 12.8. The molecule has 2 aromatic rings.